The Kier molecular flexibility index (Phi) is 6.45. The van der Waals surface area contributed by atoms with Gasteiger partial charge in [-0.1, -0.05) is 12.8 Å². The third kappa shape index (κ3) is 4.91. The highest BCUT2D eigenvalue weighted by Gasteiger charge is 2.35. The SMILES string of the molecule is CC(=O)[C@@H]1CCCCC1C(=O)N(N)CCCN(C)C. The van der Waals surface area contributed by atoms with Crippen LogP contribution in [0.2, 0.25) is 0 Å². The van der Waals surface area contributed by atoms with Gasteiger partial charge >= 0.3 is 0 Å². The highest BCUT2D eigenvalue weighted by molar-refractivity contribution is 5.87. The van der Waals surface area contributed by atoms with E-state index in [-0.39, 0.29) is 23.5 Å². The third-order valence-corrected chi connectivity index (χ3v) is 3.89. The van der Waals surface area contributed by atoms with Crippen LogP contribution in [-0.2, 0) is 9.59 Å². The van der Waals surface area contributed by atoms with Gasteiger partial charge in [0.1, 0.15) is 5.78 Å². The van der Waals surface area contributed by atoms with Crippen LogP contribution in [0.15, 0.2) is 0 Å². The van der Waals surface area contributed by atoms with Gasteiger partial charge in [-0.05, 0) is 46.8 Å². The molecule has 0 aromatic heterocycles. The summed E-state index contributed by atoms with van der Waals surface area (Å²) < 4.78 is 0. The lowest BCUT2D eigenvalue weighted by Crippen LogP contribution is -2.46. The van der Waals surface area contributed by atoms with Crippen LogP contribution in [0.4, 0.5) is 0 Å². The summed E-state index contributed by atoms with van der Waals surface area (Å²) in [7, 11) is 3.99. The van der Waals surface area contributed by atoms with Crippen molar-refractivity contribution in [3.63, 3.8) is 0 Å². The van der Waals surface area contributed by atoms with Crippen molar-refractivity contribution in [2.24, 2.45) is 17.7 Å². The quantitative estimate of drug-likeness (QED) is 0.444. The second-order valence-corrected chi connectivity index (χ2v) is 5.80. The summed E-state index contributed by atoms with van der Waals surface area (Å²) in [5.41, 5.74) is 0. The minimum absolute atomic E-state index is 0.0568. The molecule has 1 aliphatic carbocycles. The first-order chi connectivity index (χ1) is 8.93. The Balaban J connectivity index is 2.51. The average molecular weight is 269 g/mol. The van der Waals surface area contributed by atoms with E-state index in [0.29, 0.717) is 6.54 Å². The molecule has 0 saturated heterocycles. The summed E-state index contributed by atoms with van der Waals surface area (Å²) >= 11 is 0. The molecule has 2 N–H and O–H groups in total. The maximum atomic E-state index is 12.3. The number of carbonyl (C=O) groups excluding carboxylic acids is 2. The molecule has 0 radical (unpaired) electrons. The maximum absolute atomic E-state index is 12.3. The maximum Gasteiger partial charge on any atom is 0.240 e. The van der Waals surface area contributed by atoms with Gasteiger partial charge in [0.05, 0.1) is 0 Å². The molecule has 0 bridgehead atoms. The van der Waals surface area contributed by atoms with Gasteiger partial charge in [0.2, 0.25) is 5.91 Å². The van der Waals surface area contributed by atoms with Gasteiger partial charge < -0.3 is 4.90 Å². The molecule has 1 saturated carbocycles. The van der Waals surface area contributed by atoms with E-state index in [1.807, 2.05) is 14.1 Å². The van der Waals surface area contributed by atoms with E-state index in [2.05, 4.69) is 4.90 Å². The monoisotopic (exact) mass is 269 g/mol. The zero-order chi connectivity index (χ0) is 14.4. The minimum Gasteiger partial charge on any atom is -0.309 e. The van der Waals surface area contributed by atoms with Gasteiger partial charge in [-0.3, -0.25) is 14.6 Å². The van der Waals surface area contributed by atoms with Crippen LogP contribution in [0.5, 0.6) is 0 Å². The Bertz CT molecular complexity index is 318. The van der Waals surface area contributed by atoms with Crippen LogP contribution >= 0.6 is 0 Å². The normalized spacial score (nSPS) is 23.4. The number of ketones is 1. The number of hydrazine groups is 1. The fourth-order valence-corrected chi connectivity index (χ4v) is 2.79. The molecule has 1 unspecified atom stereocenters. The Labute approximate surface area is 116 Å². The molecule has 1 fully saturated rings. The zero-order valence-electron chi connectivity index (χ0n) is 12.4. The predicted molar refractivity (Wildman–Crippen MR) is 75.2 cm³/mol. The van der Waals surface area contributed by atoms with E-state index in [4.69, 9.17) is 5.84 Å². The van der Waals surface area contributed by atoms with Crippen molar-refractivity contribution in [2.45, 2.75) is 39.0 Å². The van der Waals surface area contributed by atoms with Gasteiger partial charge in [0.25, 0.3) is 0 Å². The number of nitrogens with zero attached hydrogens (tertiary/aromatic N) is 2. The van der Waals surface area contributed by atoms with E-state index in [9.17, 15) is 9.59 Å². The van der Waals surface area contributed by atoms with E-state index in [1.54, 1.807) is 6.92 Å². The number of hydrogen-bond acceptors (Lipinski definition) is 4. The molecule has 0 aromatic rings. The van der Waals surface area contributed by atoms with Gasteiger partial charge in [-0.15, -0.1) is 0 Å². The van der Waals surface area contributed by atoms with E-state index in [1.165, 1.54) is 5.01 Å². The average Bonchev–Trinajstić information content (AvgIpc) is 2.37. The van der Waals surface area contributed by atoms with Crippen molar-refractivity contribution in [3.8, 4) is 0 Å². The predicted octanol–water partition coefficient (Wildman–Crippen LogP) is 1.04. The topological polar surface area (TPSA) is 66.6 Å². The number of nitrogens with two attached hydrogens (primary N) is 1. The fraction of sp³-hybridized carbons (Fsp3) is 0.857. The molecular weight excluding hydrogens is 242 g/mol. The number of rotatable bonds is 6. The second-order valence-electron chi connectivity index (χ2n) is 5.80. The summed E-state index contributed by atoms with van der Waals surface area (Å²) in [6.07, 6.45) is 4.54. The third-order valence-electron chi connectivity index (χ3n) is 3.89. The van der Waals surface area contributed by atoms with Crippen molar-refractivity contribution in [3.05, 3.63) is 0 Å². The van der Waals surface area contributed by atoms with E-state index in [0.717, 1.165) is 38.6 Å². The van der Waals surface area contributed by atoms with E-state index >= 15 is 0 Å². The van der Waals surface area contributed by atoms with Crippen LogP contribution in [0.25, 0.3) is 0 Å². The van der Waals surface area contributed by atoms with Crippen molar-refractivity contribution in [1.29, 1.82) is 0 Å². The van der Waals surface area contributed by atoms with Crippen LogP contribution < -0.4 is 5.84 Å². The molecule has 5 nitrogen and oxygen atoms in total. The summed E-state index contributed by atoms with van der Waals surface area (Å²) in [5.74, 6) is 5.60. The van der Waals surface area contributed by atoms with Crippen molar-refractivity contribution in [2.75, 3.05) is 27.2 Å². The zero-order valence-corrected chi connectivity index (χ0v) is 12.4. The molecule has 2 atom stereocenters. The molecular formula is C14H27N3O2. The van der Waals surface area contributed by atoms with Gasteiger partial charge in [-0.2, -0.15) is 0 Å². The summed E-state index contributed by atoms with van der Waals surface area (Å²) in [6, 6.07) is 0. The minimum atomic E-state index is -0.199. The molecule has 0 aromatic carbocycles. The van der Waals surface area contributed by atoms with Crippen molar-refractivity contribution in [1.82, 2.24) is 9.91 Å². The molecule has 0 spiro atoms. The smallest absolute Gasteiger partial charge is 0.240 e. The highest BCUT2D eigenvalue weighted by atomic mass is 16.2. The summed E-state index contributed by atoms with van der Waals surface area (Å²) in [5, 5.41) is 1.31. The Morgan fingerprint density at radius 3 is 2.21 bits per heavy atom. The van der Waals surface area contributed by atoms with Gasteiger partial charge in [-0.25, -0.2) is 5.84 Å². The Hall–Kier alpha value is -0.940. The lowest BCUT2D eigenvalue weighted by molar-refractivity contribution is -0.142. The molecule has 110 valence electrons. The molecule has 1 aliphatic rings. The van der Waals surface area contributed by atoms with Crippen LogP contribution in [0, 0.1) is 11.8 Å². The lowest BCUT2D eigenvalue weighted by atomic mass is 9.76. The molecule has 1 amide bonds. The first kappa shape index (κ1) is 16.1. The Morgan fingerprint density at radius 2 is 1.68 bits per heavy atom. The van der Waals surface area contributed by atoms with Crippen molar-refractivity contribution >= 4 is 11.7 Å². The number of Topliss-reactive ketones (excluding diaryl/α,β-unsaturated/α-hetero) is 1. The van der Waals surface area contributed by atoms with Crippen LogP contribution in [0.1, 0.15) is 39.0 Å². The first-order valence-electron chi connectivity index (χ1n) is 7.14. The number of amides is 1. The second kappa shape index (κ2) is 7.60. The standard InChI is InChI=1S/C14H27N3O2/c1-11(18)12-7-4-5-8-13(12)14(19)17(15)10-6-9-16(2)3/h12-13H,4-10,15H2,1-3H3/t12-,13?/m0/s1. The van der Waals surface area contributed by atoms with Crippen LogP contribution in [-0.4, -0.2) is 48.8 Å². The van der Waals surface area contributed by atoms with Crippen molar-refractivity contribution < 1.29 is 9.59 Å². The number of hydrogen-bond donors (Lipinski definition) is 1. The molecule has 0 heterocycles. The number of carbonyl (C=O) groups is 2. The van der Waals surface area contributed by atoms with Gasteiger partial charge in [0.15, 0.2) is 0 Å². The van der Waals surface area contributed by atoms with Crippen LogP contribution in [0.3, 0.4) is 0 Å². The first-order valence-corrected chi connectivity index (χ1v) is 7.14. The molecule has 1 rings (SSSR count). The lowest BCUT2D eigenvalue weighted by Gasteiger charge is -2.31. The summed E-state index contributed by atoms with van der Waals surface area (Å²) in [6.45, 7) is 3.04. The summed E-state index contributed by atoms with van der Waals surface area (Å²) in [4.78, 5) is 26.0. The molecule has 0 aliphatic heterocycles. The molecule has 5 heteroatoms. The highest BCUT2D eigenvalue weighted by Crippen LogP contribution is 2.31. The Morgan fingerprint density at radius 1 is 1.11 bits per heavy atom. The van der Waals surface area contributed by atoms with Gasteiger partial charge in [0, 0.05) is 18.4 Å². The van der Waals surface area contributed by atoms with E-state index < -0.39 is 0 Å². The largest absolute Gasteiger partial charge is 0.309 e. The fourth-order valence-electron chi connectivity index (χ4n) is 2.79. The molecule has 19 heavy (non-hydrogen) atoms.